The van der Waals surface area contributed by atoms with Crippen molar-refractivity contribution in [3.63, 3.8) is 0 Å². The normalized spacial score (nSPS) is 43.5. The predicted octanol–water partition coefficient (Wildman–Crippen LogP) is 6.17. The largest absolute Gasteiger partial charge is 0.461 e. The van der Waals surface area contributed by atoms with Crippen LogP contribution in [0.25, 0.3) is 0 Å². The van der Waals surface area contributed by atoms with E-state index in [-0.39, 0.29) is 41.4 Å². The first kappa shape index (κ1) is 25.2. The van der Waals surface area contributed by atoms with Crippen molar-refractivity contribution in [2.24, 2.45) is 46.3 Å². The molecule has 0 bridgehead atoms. The Morgan fingerprint density at radius 2 is 1.55 bits per heavy atom. The minimum absolute atomic E-state index is 0.0596. The number of fused-ring (bicyclic) bond motifs is 5. The molecule has 33 heavy (non-hydrogen) atoms. The Balaban J connectivity index is 1.42. The lowest BCUT2D eigenvalue weighted by Gasteiger charge is -2.61. The molecule has 0 unspecified atom stereocenters. The van der Waals surface area contributed by atoms with Gasteiger partial charge in [-0.05, 0) is 105 Å². The van der Waals surface area contributed by atoms with E-state index in [0.717, 1.165) is 37.0 Å². The molecule has 1 N–H and O–H groups in total. The Morgan fingerprint density at radius 1 is 0.879 bits per heavy atom. The number of rotatable bonds is 6. The summed E-state index contributed by atoms with van der Waals surface area (Å²) in [6.45, 7) is 15.2. The predicted molar refractivity (Wildman–Crippen MR) is 133 cm³/mol. The average Bonchev–Trinajstić information content (AvgIpc) is 3.09. The fraction of sp³-hybridized carbons (Fsp3) is 0.931. The lowest BCUT2D eigenvalue weighted by molar-refractivity contribution is -0.166. The fourth-order valence-corrected chi connectivity index (χ4v) is 9.12. The third kappa shape index (κ3) is 4.43. The van der Waals surface area contributed by atoms with E-state index in [4.69, 9.17) is 4.74 Å². The van der Waals surface area contributed by atoms with Gasteiger partial charge in [0.25, 0.3) is 0 Å². The minimum Gasteiger partial charge on any atom is -0.461 e. The van der Waals surface area contributed by atoms with Crippen LogP contribution in [0.15, 0.2) is 0 Å². The van der Waals surface area contributed by atoms with Crippen LogP contribution in [0.2, 0.25) is 0 Å². The fourth-order valence-electron chi connectivity index (χ4n) is 9.12. The number of nitrogens with one attached hydrogen (secondary N) is 1. The van der Waals surface area contributed by atoms with Crippen LogP contribution in [0.1, 0.15) is 106 Å². The molecule has 4 heteroatoms. The molecule has 9 atom stereocenters. The van der Waals surface area contributed by atoms with Gasteiger partial charge in [-0.2, -0.15) is 0 Å². The van der Waals surface area contributed by atoms with Crippen LogP contribution in [-0.2, 0) is 14.3 Å². The van der Waals surface area contributed by atoms with Gasteiger partial charge in [0.2, 0.25) is 0 Å². The van der Waals surface area contributed by atoms with Crippen LogP contribution in [0.4, 0.5) is 0 Å². The van der Waals surface area contributed by atoms with E-state index in [2.05, 4.69) is 46.9 Å². The lowest BCUT2D eigenvalue weighted by atomic mass is 9.44. The molecule has 0 spiro atoms. The maximum Gasteiger partial charge on any atom is 0.323 e. The molecule has 0 heterocycles. The van der Waals surface area contributed by atoms with E-state index in [1.54, 1.807) is 0 Å². The highest BCUT2D eigenvalue weighted by molar-refractivity contribution is 5.79. The van der Waals surface area contributed by atoms with Crippen LogP contribution in [0.3, 0.4) is 0 Å². The molecule has 4 nitrogen and oxygen atoms in total. The third-order valence-electron chi connectivity index (χ3n) is 10.8. The number of hydrogen-bond acceptors (Lipinski definition) is 4. The maximum atomic E-state index is 13.0. The highest BCUT2D eigenvalue weighted by Crippen LogP contribution is 2.67. The Bertz CT molecular complexity index is 747. The second-order valence-electron chi connectivity index (χ2n) is 13.3. The zero-order chi connectivity index (χ0) is 24.1. The van der Waals surface area contributed by atoms with Gasteiger partial charge in [-0.25, -0.2) is 0 Å². The summed E-state index contributed by atoms with van der Waals surface area (Å²) in [5.74, 6) is 3.84. The van der Waals surface area contributed by atoms with Gasteiger partial charge in [-0.15, -0.1) is 0 Å². The van der Waals surface area contributed by atoms with E-state index < -0.39 is 0 Å². The molecule has 4 saturated carbocycles. The molecule has 0 aromatic rings. The first-order valence-corrected chi connectivity index (χ1v) is 13.9. The number of Topliss-reactive ketones (excluding diaryl/α,β-unsaturated/α-hetero) is 1. The number of ether oxygens (including phenoxy) is 1. The zero-order valence-electron chi connectivity index (χ0n) is 22.3. The molecule has 0 saturated heterocycles. The summed E-state index contributed by atoms with van der Waals surface area (Å²) >= 11 is 0. The summed E-state index contributed by atoms with van der Waals surface area (Å²) in [7, 11) is 0. The van der Waals surface area contributed by atoms with Gasteiger partial charge in [-0.1, -0.05) is 41.5 Å². The second-order valence-corrected chi connectivity index (χ2v) is 13.3. The molecule has 4 rings (SSSR count). The summed E-state index contributed by atoms with van der Waals surface area (Å²) in [6.07, 6.45) is 10.7. The molecule has 0 radical (unpaired) electrons. The van der Waals surface area contributed by atoms with Crippen molar-refractivity contribution in [3.8, 4) is 0 Å². The van der Waals surface area contributed by atoms with Gasteiger partial charge in [0.1, 0.15) is 17.9 Å². The Morgan fingerprint density at radius 3 is 2.18 bits per heavy atom. The molecule has 4 aliphatic rings. The minimum atomic E-state index is -0.221. The van der Waals surface area contributed by atoms with E-state index in [0.29, 0.717) is 17.1 Å². The van der Waals surface area contributed by atoms with Crippen molar-refractivity contribution in [2.75, 3.05) is 0 Å². The average molecular weight is 460 g/mol. The Labute approximate surface area is 202 Å². The van der Waals surface area contributed by atoms with Crippen molar-refractivity contribution in [3.05, 3.63) is 0 Å². The van der Waals surface area contributed by atoms with Gasteiger partial charge >= 0.3 is 5.97 Å². The number of ketones is 1. The summed E-state index contributed by atoms with van der Waals surface area (Å²) in [4.78, 5) is 25.4. The highest BCUT2D eigenvalue weighted by atomic mass is 16.5. The molecule has 0 aromatic heterocycles. The van der Waals surface area contributed by atoms with Gasteiger partial charge < -0.3 is 10.1 Å². The molecule has 188 valence electrons. The van der Waals surface area contributed by atoms with E-state index in [9.17, 15) is 9.59 Å². The molecule has 0 amide bonds. The zero-order valence-corrected chi connectivity index (χ0v) is 22.3. The Hall–Kier alpha value is -0.900. The topological polar surface area (TPSA) is 55.4 Å². The maximum absolute atomic E-state index is 13.0. The van der Waals surface area contributed by atoms with Gasteiger partial charge in [0.15, 0.2) is 0 Å². The quantitative estimate of drug-likeness (QED) is 0.483. The summed E-state index contributed by atoms with van der Waals surface area (Å²) in [6, 6.07) is 0.0479. The van der Waals surface area contributed by atoms with Crippen molar-refractivity contribution < 1.29 is 14.3 Å². The van der Waals surface area contributed by atoms with E-state index in [1.165, 1.54) is 38.5 Å². The van der Waals surface area contributed by atoms with Crippen LogP contribution >= 0.6 is 0 Å². The van der Waals surface area contributed by atoms with Gasteiger partial charge in [-0.3, -0.25) is 9.59 Å². The van der Waals surface area contributed by atoms with Crippen molar-refractivity contribution >= 4 is 11.8 Å². The van der Waals surface area contributed by atoms with Crippen LogP contribution in [-0.4, -0.2) is 29.9 Å². The van der Waals surface area contributed by atoms with Crippen LogP contribution in [0.5, 0.6) is 0 Å². The van der Waals surface area contributed by atoms with Crippen LogP contribution < -0.4 is 5.32 Å². The Kier molecular flexibility index (Phi) is 7.09. The molecular weight excluding hydrogens is 410 g/mol. The van der Waals surface area contributed by atoms with Gasteiger partial charge in [0, 0.05) is 12.0 Å². The number of hydrogen-bond donors (Lipinski definition) is 1. The lowest BCUT2D eigenvalue weighted by Crippen LogP contribution is -2.55. The summed E-state index contributed by atoms with van der Waals surface area (Å²) in [5, 5.41) is 3.41. The number of carbonyl (C=O) groups is 2. The third-order valence-corrected chi connectivity index (χ3v) is 10.8. The summed E-state index contributed by atoms with van der Waals surface area (Å²) < 4.78 is 6.13. The first-order valence-electron chi connectivity index (χ1n) is 13.9. The first-order chi connectivity index (χ1) is 15.5. The second kappa shape index (κ2) is 9.28. The monoisotopic (exact) mass is 459 g/mol. The molecular formula is C29H49NO3. The van der Waals surface area contributed by atoms with Gasteiger partial charge in [0.05, 0.1) is 0 Å². The highest BCUT2D eigenvalue weighted by Gasteiger charge is 2.61. The van der Waals surface area contributed by atoms with Crippen molar-refractivity contribution in [2.45, 2.75) is 124 Å². The number of esters is 1. The van der Waals surface area contributed by atoms with Crippen molar-refractivity contribution in [1.29, 1.82) is 0 Å². The molecule has 4 fully saturated rings. The SMILES string of the molecule is CC(=O)[C@H]1CC[C@H]2[C@@H]3CC[C@H]4C[C@H](OC(=O)[C@@H](NC(C)C)C(C)C)CC[C@]4(C)[C@H]3CC[C@]12C. The summed E-state index contributed by atoms with van der Waals surface area (Å²) in [5.41, 5.74) is 0.604. The van der Waals surface area contributed by atoms with E-state index in [1.807, 2.05) is 6.92 Å². The van der Waals surface area contributed by atoms with Crippen LogP contribution in [0, 0.1) is 46.3 Å². The molecule has 4 aliphatic carbocycles. The number of carbonyl (C=O) groups excluding carboxylic acids is 2. The standard InChI is InChI=1S/C29H49NO3/c1-17(2)26(30-18(3)4)27(32)33-21-12-14-28(6)20(16-21)8-9-22-24-11-10-23(19(5)31)29(24,7)15-13-25(22)28/h17-18,20-26,30H,8-16H2,1-7H3/t20-,21+,22-,23+,24-,25-,26-,28-,29+/m0/s1. The molecule has 0 aliphatic heterocycles. The van der Waals surface area contributed by atoms with Crippen molar-refractivity contribution in [1.82, 2.24) is 5.32 Å². The molecule has 0 aromatic carbocycles. The smallest absolute Gasteiger partial charge is 0.323 e. The van der Waals surface area contributed by atoms with E-state index >= 15 is 0 Å².